The molecule has 1 aromatic carbocycles. The molecule has 1 atom stereocenters. The normalized spacial score (nSPS) is 17.5. The van der Waals surface area contributed by atoms with E-state index in [9.17, 15) is 9.59 Å². The molecule has 0 saturated carbocycles. The van der Waals surface area contributed by atoms with Crippen LogP contribution in [0.25, 0.3) is 0 Å². The Hall–Kier alpha value is -2.30. The van der Waals surface area contributed by atoms with Gasteiger partial charge in [-0.3, -0.25) is 0 Å². The van der Waals surface area contributed by atoms with Gasteiger partial charge in [-0.15, -0.1) is 0 Å². The van der Waals surface area contributed by atoms with Crippen molar-refractivity contribution in [2.45, 2.75) is 46.1 Å². The number of aryl methyl sites for hydroxylation is 1. The fourth-order valence-electron chi connectivity index (χ4n) is 2.68. The Kier molecular flexibility index (Phi) is 5.79. The van der Waals surface area contributed by atoms with Gasteiger partial charge in [0, 0.05) is 5.70 Å². The van der Waals surface area contributed by atoms with Crippen LogP contribution in [0.5, 0.6) is 0 Å². The molecule has 2 rings (SSSR count). The van der Waals surface area contributed by atoms with Crippen molar-refractivity contribution < 1.29 is 14.3 Å². The van der Waals surface area contributed by atoms with Gasteiger partial charge in [0.15, 0.2) is 0 Å². The summed E-state index contributed by atoms with van der Waals surface area (Å²) in [4.78, 5) is 24.0. The fraction of sp³-hybridized carbons (Fsp3) is 0.444. The first kappa shape index (κ1) is 17.1. The lowest BCUT2D eigenvalue weighted by Gasteiger charge is -2.28. The van der Waals surface area contributed by atoms with E-state index in [-0.39, 0.29) is 6.03 Å². The minimum Gasteiger partial charge on any atom is -0.463 e. The topological polar surface area (TPSA) is 67.4 Å². The van der Waals surface area contributed by atoms with Crippen molar-refractivity contribution in [3.63, 3.8) is 0 Å². The number of amides is 2. The summed E-state index contributed by atoms with van der Waals surface area (Å²) in [5.41, 5.74) is 3.12. The average molecular weight is 316 g/mol. The highest BCUT2D eigenvalue weighted by Gasteiger charge is 2.31. The van der Waals surface area contributed by atoms with Crippen LogP contribution in [0, 0.1) is 0 Å². The molecule has 1 aliphatic rings. The molecule has 0 spiro atoms. The molecule has 0 aromatic heterocycles. The second kappa shape index (κ2) is 7.81. The van der Waals surface area contributed by atoms with Crippen LogP contribution >= 0.6 is 0 Å². The highest BCUT2D eigenvalue weighted by Crippen LogP contribution is 2.28. The molecule has 0 radical (unpaired) electrons. The van der Waals surface area contributed by atoms with Crippen LogP contribution in [0.1, 0.15) is 50.8 Å². The molecule has 1 heterocycles. The van der Waals surface area contributed by atoms with Gasteiger partial charge in [0.05, 0.1) is 18.2 Å². The van der Waals surface area contributed by atoms with Crippen LogP contribution in [-0.2, 0) is 16.0 Å². The molecule has 1 aromatic rings. The van der Waals surface area contributed by atoms with Crippen LogP contribution in [-0.4, -0.2) is 18.6 Å². The number of hydrogen-bond acceptors (Lipinski definition) is 3. The van der Waals surface area contributed by atoms with E-state index in [1.54, 1.807) is 13.8 Å². The molecule has 23 heavy (non-hydrogen) atoms. The number of nitrogens with one attached hydrogen (secondary N) is 2. The lowest BCUT2D eigenvalue weighted by molar-refractivity contribution is -0.139. The molecule has 1 aliphatic heterocycles. The number of allylic oxidation sites excluding steroid dienone is 1. The Morgan fingerprint density at radius 1 is 1.22 bits per heavy atom. The number of unbranched alkanes of at least 4 members (excludes halogenated alkanes) is 1. The van der Waals surface area contributed by atoms with Crippen molar-refractivity contribution >= 4 is 12.0 Å². The lowest BCUT2D eigenvalue weighted by Crippen LogP contribution is -2.45. The molecular formula is C18H24N2O3. The summed E-state index contributed by atoms with van der Waals surface area (Å²) in [7, 11) is 0. The van der Waals surface area contributed by atoms with Crippen LogP contribution in [0.4, 0.5) is 4.79 Å². The molecule has 0 aliphatic carbocycles. The summed E-state index contributed by atoms with van der Waals surface area (Å²) in [6.07, 6.45) is 3.34. The maximum atomic E-state index is 12.2. The van der Waals surface area contributed by atoms with Crippen molar-refractivity contribution in [2.24, 2.45) is 0 Å². The Morgan fingerprint density at radius 2 is 1.91 bits per heavy atom. The van der Waals surface area contributed by atoms with Crippen molar-refractivity contribution in [2.75, 3.05) is 6.61 Å². The highest BCUT2D eigenvalue weighted by atomic mass is 16.5. The van der Waals surface area contributed by atoms with E-state index < -0.39 is 12.0 Å². The van der Waals surface area contributed by atoms with E-state index in [0.717, 1.165) is 24.8 Å². The van der Waals surface area contributed by atoms with E-state index in [1.807, 2.05) is 12.1 Å². The quantitative estimate of drug-likeness (QED) is 0.792. The average Bonchev–Trinajstić information content (AvgIpc) is 2.52. The maximum Gasteiger partial charge on any atom is 0.338 e. The number of carbonyl (C=O) groups excluding carboxylic acids is 2. The molecule has 5 nitrogen and oxygen atoms in total. The molecule has 0 unspecified atom stereocenters. The van der Waals surface area contributed by atoms with E-state index in [4.69, 9.17) is 4.74 Å². The first-order valence-electron chi connectivity index (χ1n) is 8.11. The second-order valence-electron chi connectivity index (χ2n) is 5.64. The molecule has 2 amide bonds. The van der Waals surface area contributed by atoms with Crippen LogP contribution < -0.4 is 10.6 Å². The smallest absolute Gasteiger partial charge is 0.338 e. The minimum atomic E-state index is -0.483. The summed E-state index contributed by atoms with van der Waals surface area (Å²) in [6, 6.07) is 7.24. The van der Waals surface area contributed by atoms with E-state index in [1.165, 1.54) is 5.56 Å². The van der Waals surface area contributed by atoms with E-state index in [0.29, 0.717) is 17.9 Å². The summed E-state index contributed by atoms with van der Waals surface area (Å²) >= 11 is 0. The minimum absolute atomic E-state index is 0.298. The van der Waals surface area contributed by atoms with Gasteiger partial charge in [-0.25, -0.2) is 9.59 Å². The number of esters is 1. The van der Waals surface area contributed by atoms with E-state index in [2.05, 4.69) is 29.7 Å². The molecule has 2 N–H and O–H groups in total. The monoisotopic (exact) mass is 316 g/mol. The number of carbonyl (C=O) groups is 2. The molecule has 5 heteroatoms. The molecule has 0 fully saturated rings. The maximum absolute atomic E-state index is 12.2. The third-order valence-electron chi connectivity index (χ3n) is 3.90. The Bertz CT molecular complexity index is 605. The SMILES string of the molecule is CCCCc1ccc([C@H]2NC(=O)NC(C)=C2C(=O)OCC)cc1. The number of benzene rings is 1. The number of hydrogen-bond donors (Lipinski definition) is 2. The van der Waals surface area contributed by atoms with Crippen molar-refractivity contribution in [3.8, 4) is 0 Å². The summed E-state index contributed by atoms with van der Waals surface area (Å²) < 4.78 is 5.13. The van der Waals surface area contributed by atoms with Crippen LogP contribution in [0.2, 0.25) is 0 Å². The second-order valence-corrected chi connectivity index (χ2v) is 5.64. The molecule has 124 valence electrons. The first-order chi connectivity index (χ1) is 11.1. The van der Waals surface area contributed by atoms with Gasteiger partial charge in [-0.05, 0) is 37.8 Å². The predicted molar refractivity (Wildman–Crippen MR) is 88.8 cm³/mol. The third-order valence-corrected chi connectivity index (χ3v) is 3.90. The van der Waals surface area contributed by atoms with Crippen LogP contribution in [0.15, 0.2) is 35.5 Å². The van der Waals surface area contributed by atoms with Gasteiger partial charge >= 0.3 is 12.0 Å². The first-order valence-corrected chi connectivity index (χ1v) is 8.11. The van der Waals surface area contributed by atoms with Gasteiger partial charge in [0.2, 0.25) is 0 Å². The standard InChI is InChI=1S/C18H24N2O3/c1-4-6-7-13-8-10-14(11-9-13)16-15(17(21)23-5-2)12(3)19-18(22)20-16/h8-11,16H,4-7H2,1-3H3,(H2,19,20,22)/t16-/m1/s1. The van der Waals surface area contributed by atoms with Crippen LogP contribution in [0.3, 0.4) is 0 Å². The summed E-state index contributed by atoms with van der Waals surface area (Å²) in [5, 5.41) is 5.44. The van der Waals surface area contributed by atoms with Gasteiger partial charge < -0.3 is 15.4 Å². The van der Waals surface area contributed by atoms with Crippen molar-refractivity contribution in [1.82, 2.24) is 10.6 Å². The van der Waals surface area contributed by atoms with Crippen molar-refractivity contribution in [3.05, 3.63) is 46.7 Å². The van der Waals surface area contributed by atoms with Crippen molar-refractivity contribution in [1.29, 1.82) is 0 Å². The third kappa shape index (κ3) is 4.12. The Labute approximate surface area is 137 Å². The highest BCUT2D eigenvalue weighted by molar-refractivity contribution is 5.95. The summed E-state index contributed by atoms with van der Waals surface area (Å²) in [5.74, 6) is -0.405. The van der Waals surface area contributed by atoms with Gasteiger partial charge in [0.25, 0.3) is 0 Å². The largest absolute Gasteiger partial charge is 0.463 e. The van der Waals surface area contributed by atoms with E-state index >= 15 is 0 Å². The zero-order valence-corrected chi connectivity index (χ0v) is 13.9. The Morgan fingerprint density at radius 3 is 2.52 bits per heavy atom. The summed E-state index contributed by atoms with van der Waals surface area (Å²) in [6.45, 7) is 5.94. The molecular weight excluding hydrogens is 292 g/mol. The predicted octanol–water partition coefficient (Wildman–Crippen LogP) is 3.22. The van der Waals surface area contributed by atoms with Gasteiger partial charge in [-0.2, -0.15) is 0 Å². The molecule has 0 bridgehead atoms. The lowest BCUT2D eigenvalue weighted by atomic mass is 9.94. The number of ether oxygens (including phenoxy) is 1. The van der Waals surface area contributed by atoms with Gasteiger partial charge in [0.1, 0.15) is 0 Å². The zero-order chi connectivity index (χ0) is 16.8. The number of urea groups is 1. The van der Waals surface area contributed by atoms with Gasteiger partial charge in [-0.1, -0.05) is 37.6 Å². The Balaban J connectivity index is 2.28. The fourth-order valence-corrected chi connectivity index (χ4v) is 2.68. The molecule has 0 saturated heterocycles. The number of rotatable bonds is 6. The zero-order valence-electron chi connectivity index (χ0n) is 13.9.